The molecule has 1 unspecified atom stereocenters. The highest BCUT2D eigenvalue weighted by Crippen LogP contribution is 2.44. The Morgan fingerprint density at radius 3 is 1.10 bits per heavy atom. The van der Waals surface area contributed by atoms with Crippen LogP contribution in [0, 0.1) is 81.0 Å². The highest BCUT2D eigenvalue weighted by atomic mass is 35.5. The summed E-state index contributed by atoms with van der Waals surface area (Å²) in [6, 6.07) is 19.4. The number of aliphatic hydroxyl groups is 3. The van der Waals surface area contributed by atoms with Crippen LogP contribution in [0.15, 0.2) is 72.8 Å². The first-order valence-electron chi connectivity index (χ1n) is 36.0. The van der Waals surface area contributed by atoms with E-state index in [2.05, 4.69) is 59.3 Å². The number of cyclic esters (lactones) is 4. The van der Waals surface area contributed by atoms with Gasteiger partial charge in [0.05, 0.1) is 106 Å². The summed E-state index contributed by atoms with van der Waals surface area (Å²) >= 11 is 36.7. The highest BCUT2D eigenvalue weighted by molar-refractivity contribution is 6.69. The van der Waals surface area contributed by atoms with Crippen LogP contribution in [-0.2, 0) is 56.9 Å². The molecule has 0 radical (unpaired) electrons. The van der Waals surface area contributed by atoms with Crippen molar-refractivity contribution in [3.05, 3.63) is 205 Å². The molecule has 0 aliphatic carbocycles. The third-order valence-electron chi connectivity index (χ3n) is 18.3. The second-order valence-electron chi connectivity index (χ2n) is 27.5. The summed E-state index contributed by atoms with van der Waals surface area (Å²) in [4.78, 5) is 123. The minimum Gasteiger partial charge on any atom is -0.444 e. The summed E-state index contributed by atoms with van der Waals surface area (Å²) in [6.45, 7) is 75.9. The summed E-state index contributed by atoms with van der Waals surface area (Å²) in [6.07, 6.45) is -3.75. The van der Waals surface area contributed by atoms with E-state index >= 15 is 0 Å². The average molecular weight is 1790 g/mol. The van der Waals surface area contributed by atoms with Crippen LogP contribution in [0.3, 0.4) is 0 Å². The Kier molecular flexibility index (Phi) is 43.2. The van der Waals surface area contributed by atoms with Crippen molar-refractivity contribution in [2.75, 3.05) is 50.5 Å². The van der Waals surface area contributed by atoms with Gasteiger partial charge in [0.2, 0.25) is 34.1 Å². The summed E-state index contributed by atoms with van der Waals surface area (Å²) in [5.74, 6) is 0. The minimum atomic E-state index is -1.77. The lowest BCUT2D eigenvalue weighted by Gasteiger charge is -2.33. The predicted molar refractivity (Wildman–Crippen MR) is 457 cm³/mol. The fourth-order valence-corrected chi connectivity index (χ4v) is 14.4. The summed E-state index contributed by atoms with van der Waals surface area (Å²) in [7, 11) is -0.254. The van der Waals surface area contributed by atoms with E-state index in [4.69, 9.17) is 171 Å². The molecular formula is C82H90Cl6N12O19Si. The third kappa shape index (κ3) is 27.4. The van der Waals surface area contributed by atoms with E-state index in [0.29, 0.717) is 110 Å². The first-order valence-corrected chi connectivity index (χ1v) is 41.7. The smallest absolute Gasteiger partial charge is 0.417 e. The zero-order valence-electron chi connectivity index (χ0n) is 68.9. The molecule has 10 rings (SSSR count). The number of nitrogens with one attached hydrogen (secondary N) is 2. The molecule has 0 spiro atoms. The van der Waals surface area contributed by atoms with Gasteiger partial charge in [-0.15, -0.1) is 0 Å². The van der Waals surface area contributed by atoms with Gasteiger partial charge >= 0.3 is 42.8 Å². The molecule has 6 aromatic rings. The molecule has 38 heteroatoms. The van der Waals surface area contributed by atoms with Crippen LogP contribution in [-0.4, -0.2) is 160 Å². The number of hydrogen-bond acceptors (Lipinski definition) is 21. The molecule has 4 amide bonds. The van der Waals surface area contributed by atoms with Crippen LogP contribution in [0.1, 0.15) is 95.7 Å². The van der Waals surface area contributed by atoms with Crippen molar-refractivity contribution in [3.8, 4) is 0 Å². The number of rotatable bonds is 15. The zero-order valence-corrected chi connectivity index (χ0v) is 74.4. The molecule has 4 aliphatic rings. The Hall–Kier alpha value is -11.2. The van der Waals surface area contributed by atoms with Gasteiger partial charge in [-0.1, -0.05) is 106 Å². The standard InChI is InChI=1S/C17H23ClN2O3Si.2C13H13ClN2O3.C13H13ClN2O2.C12H15ClN2O.C11H13ClN2O.3CO2/c1-10-14(9-8-13(19-4)15(10)18)20-16(11(2)22-17(20)21)12(3)23-24(5,6)7;1-7-10(6-5-9(15-3)11(7)14)16-12(18-4)8(2)19-13(16)17;1-7-10(5-4-9(15-3)12(7)14)16-11(6-17)8(2)19-13(16)18;1-7-11(6-5-10(15-4)12(7)14)16-8(2)9(3)18-13(16)17;1-7-10(15-8(2)9(3)16)5-6-11(14-4)12(7)13;1-7(15)6-14-9-4-5-10(13-3)11(12)8(9)2;3*2-1-3/h8-9,11-12,16H,1-3,5-7H3;5-6,8,12H,1-2,4H3;4-5,8,11,17H,6H2,1-2H3;5-6,8-9H,1-3H3;5-6,8-9,15-16H,1-3H3;4-5,7,14-15H,6H2,1-2H3;;;/t11-,12?,16+;8-,12-;8-,11-;2*8-,9-;7-;;;/m000000.../s1. The van der Waals surface area contributed by atoms with Crippen molar-refractivity contribution in [2.45, 2.75) is 197 Å². The van der Waals surface area contributed by atoms with E-state index < -0.39 is 57.2 Å². The maximum atomic E-state index is 12.4. The molecule has 0 saturated carbocycles. The highest BCUT2D eigenvalue weighted by Gasteiger charge is 2.47. The number of aliphatic hydroxyl groups excluding tert-OH is 3. The number of halogens is 6. The maximum absolute atomic E-state index is 12.4. The molecule has 638 valence electrons. The first-order chi connectivity index (χ1) is 56.3. The fourth-order valence-electron chi connectivity index (χ4n) is 11.9. The molecule has 31 nitrogen and oxygen atoms in total. The molecule has 12 atom stereocenters. The van der Waals surface area contributed by atoms with Gasteiger partial charge in [-0.2, -0.15) is 28.8 Å². The van der Waals surface area contributed by atoms with Gasteiger partial charge in [-0.05, 0) is 193 Å². The molecular weight excluding hydrogens is 1700 g/mol. The van der Waals surface area contributed by atoms with E-state index in [1.807, 2.05) is 61.5 Å². The normalized spacial score (nSPS) is 18.5. The van der Waals surface area contributed by atoms with Crippen molar-refractivity contribution in [2.24, 2.45) is 0 Å². The van der Waals surface area contributed by atoms with Crippen molar-refractivity contribution in [1.82, 2.24) is 0 Å². The molecule has 120 heavy (non-hydrogen) atoms. The number of anilines is 6. The number of hydrogen-bond donors (Lipinski definition) is 5. The lowest BCUT2D eigenvalue weighted by molar-refractivity contribution is -0.193. The number of carbonyl (C=O) groups is 4. The van der Waals surface area contributed by atoms with Crippen LogP contribution in [0.5, 0.6) is 0 Å². The molecule has 5 N–H and O–H groups in total. The van der Waals surface area contributed by atoms with Gasteiger partial charge in [0.15, 0.2) is 14.5 Å². The van der Waals surface area contributed by atoms with Crippen LogP contribution in [0.4, 0.5) is 87.4 Å². The molecule has 4 fully saturated rings. The average Bonchev–Trinajstić information content (AvgIpc) is 1.62. The van der Waals surface area contributed by atoms with E-state index in [-0.39, 0.29) is 73.7 Å². The largest absolute Gasteiger partial charge is 0.444 e. The Morgan fingerprint density at radius 2 is 0.758 bits per heavy atom. The number of ether oxygens (including phenoxy) is 5. The van der Waals surface area contributed by atoms with Crippen LogP contribution < -0.4 is 30.2 Å². The van der Waals surface area contributed by atoms with E-state index in [1.165, 1.54) is 16.9 Å². The molecule has 4 saturated heterocycles. The lowest BCUT2D eigenvalue weighted by Crippen LogP contribution is -2.48. The van der Waals surface area contributed by atoms with Crippen molar-refractivity contribution in [3.63, 3.8) is 0 Å². The second kappa shape index (κ2) is 49.4. The Labute approximate surface area is 727 Å². The van der Waals surface area contributed by atoms with Gasteiger partial charge in [0.1, 0.15) is 36.5 Å². The van der Waals surface area contributed by atoms with Crippen molar-refractivity contribution in [1.29, 1.82) is 0 Å². The minimum absolute atomic E-state index is 0.0499. The van der Waals surface area contributed by atoms with Gasteiger partial charge in [0, 0.05) is 48.1 Å². The summed E-state index contributed by atoms with van der Waals surface area (Å²) in [5.41, 5.74) is 11.0. The summed E-state index contributed by atoms with van der Waals surface area (Å²) in [5, 5.41) is 36.5. The molecule has 6 aromatic carbocycles. The maximum Gasteiger partial charge on any atom is 0.417 e. The molecule has 0 bridgehead atoms. The van der Waals surface area contributed by atoms with Crippen LogP contribution in [0.25, 0.3) is 29.1 Å². The van der Waals surface area contributed by atoms with Gasteiger partial charge < -0.3 is 54.1 Å². The second-order valence-corrected chi connectivity index (χ2v) is 34.2. The number of benzene rings is 6. The van der Waals surface area contributed by atoms with E-state index in [9.17, 15) is 29.4 Å². The van der Waals surface area contributed by atoms with Gasteiger partial charge in [0.25, 0.3) is 0 Å². The quantitative estimate of drug-likeness (QED) is 0.0362. The fraction of sp³-hybridized carbons (Fsp3) is 0.402. The topological polar surface area (TPSA) is 350 Å². The molecule has 4 aliphatic heterocycles. The monoisotopic (exact) mass is 1780 g/mol. The van der Waals surface area contributed by atoms with Gasteiger partial charge in [-0.25, -0.2) is 53.1 Å². The van der Waals surface area contributed by atoms with E-state index in [1.54, 1.807) is 125 Å². The first kappa shape index (κ1) is 105. The van der Waals surface area contributed by atoms with Crippen molar-refractivity contribution < 1.29 is 91.4 Å². The SMILES string of the molecule is O=C=O.O=C=O.O=C=O.[C-]#[N+]c1ccc(N2C(=O)O[C@@H](C)[C@@H]2C(C)O[Si](C)(C)C)c(C)c1Cl.[C-]#[N+]c1ccc(N2C(=O)O[C@@H](C)[C@@H]2C)c(C)c1Cl.[C-]#[N+]c1ccc(N2C(=O)O[C@@H](C)[C@@H]2CO)c(C)c1Cl.[C-]#[N+]c1ccc(N2C(=O)O[C@@H](C)[C@@H]2OC)c(C)c1Cl.[C-]#[N+]c1ccc(NC[C@H](C)O)c(C)c1Cl.[C-]#[N+]c1ccc(N[C@@H](C)[C@H](C)O)c(C)c1Cl. The van der Waals surface area contributed by atoms with Crippen molar-refractivity contribution >= 4 is 189 Å². The summed E-state index contributed by atoms with van der Waals surface area (Å²) < 4.78 is 32.3. The number of carbonyl (C=O) groups excluding carboxylic acids is 10. The molecule has 0 aromatic heterocycles. The predicted octanol–water partition coefficient (Wildman–Crippen LogP) is 20.1. The zero-order chi connectivity index (χ0) is 91.8. The van der Waals surface area contributed by atoms with E-state index in [0.717, 1.165) is 28.1 Å². The number of methoxy groups -OCH3 is 1. The third-order valence-corrected chi connectivity index (χ3v) is 22.3. The number of amides is 4. The Balaban J connectivity index is 0.000000480. The molecule has 4 heterocycles. The van der Waals surface area contributed by atoms with Gasteiger partial charge in [-0.3, -0.25) is 14.7 Å². The number of nitrogens with zero attached hydrogens (tertiary/aromatic N) is 10. The van der Waals surface area contributed by atoms with Crippen LogP contribution in [0.2, 0.25) is 49.8 Å². The Morgan fingerprint density at radius 1 is 0.458 bits per heavy atom. The van der Waals surface area contributed by atoms with Crippen LogP contribution >= 0.6 is 69.6 Å². The Bertz CT molecular complexity index is 4910. The lowest BCUT2D eigenvalue weighted by atomic mass is 10.0.